The summed E-state index contributed by atoms with van der Waals surface area (Å²) in [5.74, 6) is 2.07. The van der Waals surface area contributed by atoms with Crippen LogP contribution in [-0.4, -0.2) is 38.7 Å². The maximum Gasteiger partial charge on any atom is 0.239 e. The molecule has 2 aromatic carbocycles. The first-order chi connectivity index (χ1) is 14.4. The smallest absolute Gasteiger partial charge is 0.239 e. The van der Waals surface area contributed by atoms with Crippen molar-refractivity contribution in [2.24, 2.45) is 4.99 Å². The number of aliphatic imine (C=N–C) groups is 1. The van der Waals surface area contributed by atoms with Gasteiger partial charge in [-0.2, -0.15) is 0 Å². The highest BCUT2D eigenvalue weighted by atomic mass is 127. The highest BCUT2D eigenvalue weighted by Gasteiger charge is 2.08. The molecule has 0 radical (unpaired) electrons. The van der Waals surface area contributed by atoms with Crippen LogP contribution in [0.5, 0.6) is 11.5 Å². The first-order valence-electron chi connectivity index (χ1n) is 10.0. The van der Waals surface area contributed by atoms with E-state index in [1.807, 2.05) is 63.2 Å². The number of benzene rings is 2. The van der Waals surface area contributed by atoms with Gasteiger partial charge in [-0.3, -0.25) is 9.79 Å². The van der Waals surface area contributed by atoms with Crippen LogP contribution in [-0.2, 0) is 17.9 Å². The van der Waals surface area contributed by atoms with Crippen LogP contribution in [0, 0.1) is 6.92 Å². The minimum absolute atomic E-state index is 0. The van der Waals surface area contributed by atoms with Crippen molar-refractivity contribution >= 4 is 35.8 Å². The maximum atomic E-state index is 12.1. The van der Waals surface area contributed by atoms with Crippen LogP contribution in [0.4, 0.5) is 0 Å². The normalized spacial score (nSPS) is 10.8. The van der Waals surface area contributed by atoms with Crippen LogP contribution in [0.3, 0.4) is 0 Å². The molecule has 0 saturated heterocycles. The van der Waals surface area contributed by atoms with Gasteiger partial charge in [0.1, 0.15) is 11.5 Å². The van der Waals surface area contributed by atoms with E-state index in [1.54, 1.807) is 14.2 Å². The third-order valence-electron chi connectivity index (χ3n) is 4.32. The van der Waals surface area contributed by atoms with Gasteiger partial charge in [-0.25, -0.2) is 0 Å². The average molecular weight is 540 g/mol. The van der Waals surface area contributed by atoms with Crippen molar-refractivity contribution in [1.82, 2.24) is 16.0 Å². The van der Waals surface area contributed by atoms with E-state index < -0.39 is 0 Å². The fourth-order valence-electron chi connectivity index (χ4n) is 2.74. The van der Waals surface area contributed by atoms with Crippen LogP contribution in [0.1, 0.15) is 30.5 Å². The molecule has 0 bridgehead atoms. The molecule has 0 saturated carbocycles. The van der Waals surface area contributed by atoms with Crippen molar-refractivity contribution in [3.63, 3.8) is 0 Å². The summed E-state index contributed by atoms with van der Waals surface area (Å²) in [7, 11) is 3.30. The number of amides is 1. The SMILES string of the molecule is CN=C(NCC(=O)NCc1ccc(OC)cc1)NCc1ccc(C)cc1OC(C)C.I. The summed E-state index contributed by atoms with van der Waals surface area (Å²) in [4.78, 5) is 16.3. The van der Waals surface area contributed by atoms with Crippen LogP contribution < -0.4 is 25.4 Å². The van der Waals surface area contributed by atoms with Crippen LogP contribution in [0.25, 0.3) is 0 Å². The lowest BCUT2D eigenvalue weighted by molar-refractivity contribution is -0.120. The second kappa shape index (κ2) is 13.7. The summed E-state index contributed by atoms with van der Waals surface area (Å²) in [6.45, 7) is 7.16. The van der Waals surface area contributed by atoms with Gasteiger partial charge in [0.15, 0.2) is 5.96 Å². The fraction of sp³-hybridized carbons (Fsp3) is 0.391. The molecule has 0 aliphatic rings. The standard InChI is InChI=1S/C23H32N4O3.HI/c1-16(2)30-21-12-17(3)6-9-19(21)14-26-23(24-4)27-15-22(28)25-13-18-7-10-20(29-5)11-8-18;/h6-12,16H,13-15H2,1-5H3,(H,25,28)(H2,24,26,27);1H. The monoisotopic (exact) mass is 540 g/mol. The van der Waals surface area contributed by atoms with Gasteiger partial charge in [-0.1, -0.05) is 24.3 Å². The molecule has 2 rings (SSSR count). The van der Waals surface area contributed by atoms with E-state index in [2.05, 4.69) is 20.9 Å². The molecule has 170 valence electrons. The summed E-state index contributed by atoms with van der Waals surface area (Å²) in [5.41, 5.74) is 3.18. The molecule has 7 nitrogen and oxygen atoms in total. The zero-order valence-corrected chi connectivity index (χ0v) is 21.2. The van der Waals surface area contributed by atoms with Crippen LogP contribution >= 0.6 is 24.0 Å². The van der Waals surface area contributed by atoms with Crippen molar-refractivity contribution in [2.75, 3.05) is 20.7 Å². The number of carbonyl (C=O) groups excluding carboxylic acids is 1. The summed E-state index contributed by atoms with van der Waals surface area (Å²) in [6, 6.07) is 13.7. The van der Waals surface area contributed by atoms with E-state index in [9.17, 15) is 4.79 Å². The lowest BCUT2D eigenvalue weighted by atomic mass is 10.1. The number of hydrogen-bond donors (Lipinski definition) is 3. The molecule has 0 heterocycles. The lowest BCUT2D eigenvalue weighted by Gasteiger charge is -2.17. The molecule has 8 heteroatoms. The Labute approximate surface area is 202 Å². The van der Waals surface area contributed by atoms with E-state index in [-0.39, 0.29) is 42.5 Å². The molecule has 0 atom stereocenters. The number of ether oxygens (including phenoxy) is 2. The molecular weight excluding hydrogens is 507 g/mol. The largest absolute Gasteiger partial charge is 0.497 e. The van der Waals surface area contributed by atoms with Gasteiger partial charge in [0.2, 0.25) is 5.91 Å². The van der Waals surface area contributed by atoms with E-state index in [1.165, 1.54) is 0 Å². The van der Waals surface area contributed by atoms with Gasteiger partial charge >= 0.3 is 0 Å². The zero-order chi connectivity index (χ0) is 21.9. The van der Waals surface area contributed by atoms with Crippen molar-refractivity contribution in [2.45, 2.75) is 40.0 Å². The van der Waals surface area contributed by atoms with Gasteiger partial charge in [0.25, 0.3) is 0 Å². The first-order valence-corrected chi connectivity index (χ1v) is 10.0. The topological polar surface area (TPSA) is 84.0 Å². The van der Waals surface area contributed by atoms with Gasteiger partial charge in [-0.05, 0) is 50.1 Å². The van der Waals surface area contributed by atoms with Crippen molar-refractivity contribution in [3.05, 3.63) is 59.2 Å². The number of nitrogens with zero attached hydrogens (tertiary/aromatic N) is 1. The number of rotatable bonds is 9. The first kappa shape index (κ1) is 26.5. The minimum atomic E-state index is -0.118. The number of hydrogen-bond acceptors (Lipinski definition) is 4. The third-order valence-corrected chi connectivity index (χ3v) is 4.32. The molecule has 0 aromatic heterocycles. The van der Waals surface area contributed by atoms with Crippen molar-refractivity contribution < 1.29 is 14.3 Å². The Kier molecular flexibility index (Phi) is 11.8. The number of halogens is 1. The van der Waals surface area contributed by atoms with Crippen LogP contribution in [0.15, 0.2) is 47.5 Å². The molecule has 0 unspecified atom stereocenters. The Morgan fingerprint density at radius 1 is 1.03 bits per heavy atom. The Morgan fingerprint density at radius 3 is 2.35 bits per heavy atom. The highest BCUT2D eigenvalue weighted by molar-refractivity contribution is 14.0. The van der Waals surface area contributed by atoms with Gasteiger partial charge in [0.05, 0.1) is 19.8 Å². The average Bonchev–Trinajstić information content (AvgIpc) is 2.73. The predicted octanol–water partition coefficient (Wildman–Crippen LogP) is 3.39. The highest BCUT2D eigenvalue weighted by Crippen LogP contribution is 2.21. The van der Waals surface area contributed by atoms with E-state index >= 15 is 0 Å². The lowest BCUT2D eigenvalue weighted by Crippen LogP contribution is -2.42. The fourth-order valence-corrected chi connectivity index (χ4v) is 2.74. The molecule has 0 spiro atoms. The molecule has 3 N–H and O–H groups in total. The van der Waals surface area contributed by atoms with Crippen molar-refractivity contribution in [3.8, 4) is 11.5 Å². The summed E-state index contributed by atoms with van der Waals surface area (Å²) >= 11 is 0. The second-order valence-electron chi connectivity index (χ2n) is 7.18. The number of methoxy groups -OCH3 is 1. The molecular formula is C23H33IN4O3. The molecule has 2 aromatic rings. The second-order valence-corrected chi connectivity index (χ2v) is 7.18. The number of aryl methyl sites for hydroxylation is 1. The van der Waals surface area contributed by atoms with Gasteiger partial charge in [0, 0.05) is 25.7 Å². The number of nitrogens with one attached hydrogen (secondary N) is 3. The predicted molar refractivity (Wildman–Crippen MR) is 135 cm³/mol. The Balaban J connectivity index is 0.00000480. The minimum Gasteiger partial charge on any atom is -0.497 e. The summed E-state index contributed by atoms with van der Waals surface area (Å²) < 4.78 is 11.0. The van der Waals surface area contributed by atoms with Crippen molar-refractivity contribution in [1.29, 1.82) is 0 Å². The molecule has 31 heavy (non-hydrogen) atoms. The maximum absolute atomic E-state index is 12.1. The zero-order valence-electron chi connectivity index (χ0n) is 18.8. The number of guanidine groups is 1. The Morgan fingerprint density at radius 2 is 1.74 bits per heavy atom. The van der Waals surface area contributed by atoms with Gasteiger partial charge in [-0.15, -0.1) is 24.0 Å². The Bertz CT molecular complexity index is 854. The molecule has 1 amide bonds. The van der Waals surface area contributed by atoms with E-state index in [0.717, 1.165) is 28.2 Å². The number of carbonyl (C=O) groups is 1. The van der Waals surface area contributed by atoms with Crippen LogP contribution in [0.2, 0.25) is 0 Å². The van der Waals surface area contributed by atoms with Gasteiger partial charge < -0.3 is 25.4 Å². The Hall–Kier alpha value is -2.49. The summed E-state index contributed by atoms with van der Waals surface area (Å²) in [6.07, 6.45) is 0.0948. The molecule has 0 aliphatic carbocycles. The molecule has 0 aliphatic heterocycles. The van der Waals surface area contributed by atoms with E-state index in [0.29, 0.717) is 19.0 Å². The molecule has 0 fully saturated rings. The third kappa shape index (κ3) is 9.46. The van der Waals surface area contributed by atoms with E-state index in [4.69, 9.17) is 9.47 Å². The quantitative estimate of drug-likeness (QED) is 0.258. The summed E-state index contributed by atoms with van der Waals surface area (Å²) in [5, 5.41) is 9.14.